The van der Waals surface area contributed by atoms with Crippen LogP contribution in [0.5, 0.6) is 5.75 Å². The molecule has 2 amide bonds. The number of hydrogen-bond acceptors (Lipinski definition) is 4. The molecule has 2 aromatic rings. The van der Waals surface area contributed by atoms with Gasteiger partial charge in [0.15, 0.2) is 6.61 Å². The smallest absolute Gasteiger partial charge is 0.255 e. The van der Waals surface area contributed by atoms with Crippen LogP contribution < -0.4 is 15.8 Å². The monoisotopic (exact) mass is 330 g/mol. The van der Waals surface area contributed by atoms with Crippen molar-refractivity contribution in [2.24, 2.45) is 5.73 Å². The molecule has 0 spiro atoms. The average molecular weight is 330 g/mol. The molecule has 0 saturated carbocycles. The minimum Gasteiger partial charge on any atom is -0.484 e. The number of amides is 2. The number of hydrogen-bond donors (Lipinski definition) is 2. The summed E-state index contributed by atoms with van der Waals surface area (Å²) in [7, 11) is 0. The summed E-state index contributed by atoms with van der Waals surface area (Å²) in [5.41, 5.74) is 7.23. The van der Waals surface area contributed by atoms with E-state index in [-0.39, 0.29) is 12.5 Å². The molecule has 0 atom stereocenters. The number of aryl methyl sites for hydroxylation is 1. The maximum absolute atomic E-state index is 12.4. The van der Waals surface area contributed by atoms with E-state index in [1.54, 1.807) is 36.0 Å². The number of nitrogens with one attached hydrogen (secondary N) is 1. The van der Waals surface area contributed by atoms with Crippen molar-refractivity contribution in [3.8, 4) is 5.75 Å². The first-order valence-corrected chi connectivity index (χ1v) is 8.19. The lowest BCUT2D eigenvalue weighted by atomic mass is 10.1. The number of thioether (sulfide) groups is 1. The highest BCUT2D eigenvalue weighted by Gasteiger charge is 2.10. The highest BCUT2D eigenvalue weighted by Crippen LogP contribution is 2.21. The van der Waals surface area contributed by atoms with Crippen molar-refractivity contribution < 1.29 is 14.3 Å². The topological polar surface area (TPSA) is 81.4 Å². The van der Waals surface area contributed by atoms with Gasteiger partial charge in [-0.2, -0.15) is 0 Å². The Bertz CT molecular complexity index is 714. The number of carbonyl (C=O) groups excluding carboxylic acids is 2. The van der Waals surface area contributed by atoms with Crippen LogP contribution in [0.1, 0.15) is 15.9 Å². The van der Waals surface area contributed by atoms with Gasteiger partial charge < -0.3 is 15.8 Å². The van der Waals surface area contributed by atoms with Gasteiger partial charge in [0.25, 0.3) is 11.8 Å². The predicted molar refractivity (Wildman–Crippen MR) is 92.0 cm³/mol. The first-order chi connectivity index (χ1) is 11.0. The van der Waals surface area contributed by atoms with Gasteiger partial charge in [0.05, 0.1) is 0 Å². The Kier molecular flexibility index (Phi) is 5.65. The third-order valence-electron chi connectivity index (χ3n) is 3.18. The Labute approximate surface area is 139 Å². The summed E-state index contributed by atoms with van der Waals surface area (Å²) >= 11 is 1.59. The fourth-order valence-corrected chi connectivity index (χ4v) is 2.40. The first-order valence-electron chi connectivity index (χ1n) is 6.97. The summed E-state index contributed by atoms with van der Waals surface area (Å²) in [5, 5.41) is 2.85. The Balaban J connectivity index is 2.07. The van der Waals surface area contributed by atoms with Crippen LogP contribution in [0.2, 0.25) is 0 Å². The van der Waals surface area contributed by atoms with Gasteiger partial charge in [-0.05, 0) is 55.1 Å². The van der Waals surface area contributed by atoms with Gasteiger partial charge in [-0.1, -0.05) is 6.07 Å². The maximum Gasteiger partial charge on any atom is 0.255 e. The van der Waals surface area contributed by atoms with E-state index in [1.165, 1.54) is 0 Å². The van der Waals surface area contributed by atoms with E-state index in [9.17, 15) is 9.59 Å². The molecule has 0 unspecified atom stereocenters. The van der Waals surface area contributed by atoms with Crippen LogP contribution in [0.3, 0.4) is 0 Å². The number of primary amides is 1. The van der Waals surface area contributed by atoms with Gasteiger partial charge in [0, 0.05) is 16.1 Å². The van der Waals surface area contributed by atoms with Gasteiger partial charge in [-0.3, -0.25) is 9.59 Å². The normalized spacial score (nSPS) is 10.2. The highest BCUT2D eigenvalue weighted by atomic mass is 32.2. The highest BCUT2D eigenvalue weighted by molar-refractivity contribution is 7.98. The SMILES string of the molecule is CSc1ccc(C)c(C(=O)Nc2ccc(OCC(N)=O)cc2)c1. The van der Waals surface area contributed by atoms with Crippen molar-refractivity contribution in [1.82, 2.24) is 0 Å². The maximum atomic E-state index is 12.4. The summed E-state index contributed by atoms with van der Waals surface area (Å²) < 4.78 is 5.17. The first kappa shape index (κ1) is 16.9. The molecule has 2 rings (SSSR count). The van der Waals surface area contributed by atoms with E-state index in [2.05, 4.69) is 5.32 Å². The molecule has 0 heterocycles. The van der Waals surface area contributed by atoms with Crippen molar-refractivity contribution in [3.05, 3.63) is 53.6 Å². The molecule has 6 heteroatoms. The molecular weight excluding hydrogens is 312 g/mol. The molecule has 3 N–H and O–H groups in total. The van der Waals surface area contributed by atoms with Crippen molar-refractivity contribution in [3.63, 3.8) is 0 Å². The van der Waals surface area contributed by atoms with E-state index in [1.807, 2.05) is 31.4 Å². The number of nitrogens with two attached hydrogens (primary N) is 1. The minimum atomic E-state index is -0.536. The number of ether oxygens (including phenoxy) is 1. The van der Waals surface area contributed by atoms with Crippen LogP contribution in [0, 0.1) is 6.92 Å². The zero-order chi connectivity index (χ0) is 16.8. The summed E-state index contributed by atoms with van der Waals surface area (Å²) in [5.74, 6) is -0.182. The molecule has 0 saturated heterocycles. The molecule has 23 heavy (non-hydrogen) atoms. The van der Waals surface area contributed by atoms with Crippen LogP contribution in [0.4, 0.5) is 5.69 Å². The minimum absolute atomic E-state index is 0.163. The van der Waals surface area contributed by atoms with Crippen molar-refractivity contribution in [1.29, 1.82) is 0 Å². The third-order valence-corrected chi connectivity index (χ3v) is 3.91. The van der Waals surface area contributed by atoms with E-state index in [0.717, 1.165) is 10.5 Å². The number of benzene rings is 2. The molecule has 5 nitrogen and oxygen atoms in total. The predicted octanol–water partition coefficient (Wildman–Crippen LogP) is 2.83. The lowest BCUT2D eigenvalue weighted by Gasteiger charge is -2.10. The quantitative estimate of drug-likeness (QED) is 0.798. The van der Waals surface area contributed by atoms with Crippen molar-refractivity contribution >= 4 is 29.3 Å². The zero-order valence-corrected chi connectivity index (χ0v) is 13.8. The van der Waals surface area contributed by atoms with E-state index >= 15 is 0 Å². The van der Waals surface area contributed by atoms with Crippen LogP contribution in [0.15, 0.2) is 47.4 Å². The van der Waals surface area contributed by atoms with E-state index < -0.39 is 5.91 Å². The van der Waals surface area contributed by atoms with Gasteiger partial charge in [0.1, 0.15) is 5.75 Å². The summed E-state index contributed by atoms with van der Waals surface area (Å²) in [6.45, 7) is 1.73. The lowest BCUT2D eigenvalue weighted by molar-refractivity contribution is -0.119. The van der Waals surface area contributed by atoms with E-state index in [4.69, 9.17) is 10.5 Å². The van der Waals surface area contributed by atoms with Crippen molar-refractivity contribution in [2.45, 2.75) is 11.8 Å². The second-order valence-corrected chi connectivity index (χ2v) is 5.79. The summed E-state index contributed by atoms with van der Waals surface area (Å²) in [4.78, 5) is 24.1. The second-order valence-electron chi connectivity index (χ2n) is 4.91. The standard InChI is InChI=1S/C17H18N2O3S/c1-11-3-8-14(23-2)9-15(11)17(21)19-12-4-6-13(7-5-12)22-10-16(18)20/h3-9H,10H2,1-2H3,(H2,18,20)(H,19,21). The summed E-state index contributed by atoms with van der Waals surface area (Å²) in [6, 6.07) is 12.6. The van der Waals surface area contributed by atoms with Crippen LogP contribution in [0.25, 0.3) is 0 Å². The molecular formula is C17H18N2O3S. The van der Waals surface area contributed by atoms with E-state index in [0.29, 0.717) is 17.0 Å². The largest absolute Gasteiger partial charge is 0.484 e. The Hall–Kier alpha value is -2.47. The second kappa shape index (κ2) is 7.69. The molecule has 0 aliphatic carbocycles. The number of carbonyl (C=O) groups is 2. The number of rotatable bonds is 6. The average Bonchev–Trinajstić information content (AvgIpc) is 2.54. The van der Waals surface area contributed by atoms with Gasteiger partial charge >= 0.3 is 0 Å². The van der Waals surface area contributed by atoms with Gasteiger partial charge in [0.2, 0.25) is 0 Å². The zero-order valence-electron chi connectivity index (χ0n) is 13.0. The van der Waals surface area contributed by atoms with Crippen LogP contribution in [-0.2, 0) is 4.79 Å². The van der Waals surface area contributed by atoms with Gasteiger partial charge in [-0.25, -0.2) is 0 Å². The molecule has 0 bridgehead atoms. The molecule has 0 aliphatic rings. The molecule has 2 aromatic carbocycles. The van der Waals surface area contributed by atoms with Crippen molar-refractivity contribution in [2.75, 3.05) is 18.2 Å². The molecule has 0 aliphatic heterocycles. The van der Waals surface area contributed by atoms with Gasteiger partial charge in [-0.15, -0.1) is 11.8 Å². The molecule has 120 valence electrons. The fourth-order valence-electron chi connectivity index (χ4n) is 1.96. The Morgan fingerprint density at radius 2 is 1.87 bits per heavy atom. The Morgan fingerprint density at radius 3 is 2.48 bits per heavy atom. The fraction of sp³-hybridized carbons (Fsp3) is 0.176. The number of anilines is 1. The van der Waals surface area contributed by atoms with Crippen LogP contribution >= 0.6 is 11.8 Å². The Morgan fingerprint density at radius 1 is 1.17 bits per heavy atom. The third kappa shape index (κ3) is 4.75. The molecule has 0 fully saturated rings. The molecule has 0 radical (unpaired) electrons. The summed E-state index contributed by atoms with van der Waals surface area (Å²) in [6.07, 6.45) is 1.97. The molecule has 0 aromatic heterocycles. The lowest BCUT2D eigenvalue weighted by Crippen LogP contribution is -2.20. The van der Waals surface area contributed by atoms with Crippen LogP contribution in [-0.4, -0.2) is 24.7 Å².